The number of nitrogens with zero attached hydrogens (tertiary/aromatic N) is 2. The molecule has 0 radical (unpaired) electrons. The number of hydrogen-bond acceptors (Lipinski definition) is 4. The van der Waals surface area contributed by atoms with Crippen molar-refractivity contribution >= 4 is 29.0 Å². The van der Waals surface area contributed by atoms with Crippen molar-refractivity contribution in [1.29, 1.82) is 0 Å². The van der Waals surface area contributed by atoms with Crippen molar-refractivity contribution in [3.63, 3.8) is 0 Å². The third-order valence-electron chi connectivity index (χ3n) is 4.31. The van der Waals surface area contributed by atoms with Crippen LogP contribution in [0.1, 0.15) is 10.4 Å². The maximum absolute atomic E-state index is 12.3. The van der Waals surface area contributed by atoms with Crippen LogP contribution in [-0.4, -0.2) is 44.1 Å². The maximum Gasteiger partial charge on any atom is 0.246 e. The summed E-state index contributed by atoms with van der Waals surface area (Å²) in [5, 5.41) is 2.05. The first kappa shape index (κ1) is 16.6. The number of carbonyl (C=O) groups is 1. The number of thiophene rings is 1. The minimum atomic E-state index is 0.0946. The van der Waals surface area contributed by atoms with Crippen LogP contribution in [0.2, 0.25) is 0 Å². The number of benzene rings is 1. The highest BCUT2D eigenvalue weighted by atomic mass is 32.1. The molecule has 1 amide bonds. The van der Waals surface area contributed by atoms with Gasteiger partial charge in [-0.2, -0.15) is 0 Å². The summed E-state index contributed by atoms with van der Waals surface area (Å²) >= 11 is 1.66. The number of amides is 1. The first-order chi connectivity index (χ1) is 11.7. The second-order valence-corrected chi connectivity index (χ2v) is 6.76. The van der Waals surface area contributed by atoms with E-state index in [0.29, 0.717) is 0 Å². The molecule has 1 fully saturated rings. The summed E-state index contributed by atoms with van der Waals surface area (Å²) in [6.07, 6.45) is 3.63. The second-order valence-electron chi connectivity index (χ2n) is 5.81. The van der Waals surface area contributed by atoms with Crippen LogP contribution in [0, 0.1) is 6.92 Å². The van der Waals surface area contributed by atoms with Crippen LogP contribution in [-0.2, 0) is 4.79 Å². The lowest BCUT2D eigenvalue weighted by atomic mass is 10.2. The van der Waals surface area contributed by atoms with E-state index in [4.69, 9.17) is 4.74 Å². The Bertz CT molecular complexity index is 713. The topological polar surface area (TPSA) is 32.8 Å². The molecule has 2 aromatic rings. The lowest BCUT2D eigenvalue weighted by molar-refractivity contribution is -0.126. The van der Waals surface area contributed by atoms with Gasteiger partial charge >= 0.3 is 0 Å². The average molecular weight is 342 g/mol. The number of ether oxygens (including phenoxy) is 1. The fraction of sp³-hybridized carbons (Fsp3) is 0.316. The van der Waals surface area contributed by atoms with Crippen LogP contribution < -0.4 is 9.64 Å². The molecular weight excluding hydrogens is 320 g/mol. The van der Waals surface area contributed by atoms with Gasteiger partial charge in [-0.15, -0.1) is 11.3 Å². The van der Waals surface area contributed by atoms with E-state index in [2.05, 4.69) is 30.0 Å². The Kier molecular flexibility index (Phi) is 5.20. The number of anilines is 1. The molecule has 1 saturated heterocycles. The molecule has 5 heteroatoms. The van der Waals surface area contributed by atoms with E-state index >= 15 is 0 Å². The molecule has 4 nitrogen and oxygen atoms in total. The van der Waals surface area contributed by atoms with Crippen molar-refractivity contribution in [3.05, 3.63) is 52.2 Å². The monoisotopic (exact) mass is 342 g/mol. The normalized spacial score (nSPS) is 15.1. The smallest absolute Gasteiger partial charge is 0.246 e. The molecule has 0 spiro atoms. The van der Waals surface area contributed by atoms with Crippen LogP contribution in [0.3, 0.4) is 0 Å². The zero-order chi connectivity index (χ0) is 16.9. The van der Waals surface area contributed by atoms with Crippen LogP contribution >= 0.6 is 11.3 Å². The molecule has 1 aliphatic heterocycles. The third-order valence-corrected chi connectivity index (χ3v) is 5.29. The predicted octanol–water partition coefficient (Wildman–Crippen LogP) is 3.43. The Morgan fingerprint density at radius 3 is 2.42 bits per heavy atom. The summed E-state index contributed by atoms with van der Waals surface area (Å²) in [6.45, 7) is 5.26. The molecule has 0 N–H and O–H groups in total. The first-order valence-electron chi connectivity index (χ1n) is 8.07. The fourth-order valence-electron chi connectivity index (χ4n) is 2.79. The average Bonchev–Trinajstić information content (AvgIpc) is 3.05. The van der Waals surface area contributed by atoms with Gasteiger partial charge in [0.1, 0.15) is 5.75 Å². The number of aryl methyl sites for hydroxylation is 1. The SMILES string of the molecule is COc1ccc(N2CCN(C(=O)/C=C/c3sccc3C)CC2)cc1. The van der Waals surface area contributed by atoms with Crippen molar-refractivity contribution in [2.45, 2.75) is 6.92 Å². The fourth-order valence-corrected chi connectivity index (χ4v) is 3.60. The van der Waals surface area contributed by atoms with Gasteiger partial charge in [-0.1, -0.05) is 0 Å². The third kappa shape index (κ3) is 3.79. The molecule has 0 saturated carbocycles. The van der Waals surface area contributed by atoms with Crippen molar-refractivity contribution in [1.82, 2.24) is 4.90 Å². The van der Waals surface area contributed by atoms with Crippen LogP contribution in [0.15, 0.2) is 41.8 Å². The van der Waals surface area contributed by atoms with Gasteiger partial charge in [-0.05, 0) is 54.3 Å². The van der Waals surface area contributed by atoms with E-state index in [9.17, 15) is 4.79 Å². The zero-order valence-corrected chi connectivity index (χ0v) is 14.9. The molecule has 1 aromatic carbocycles. The summed E-state index contributed by atoms with van der Waals surface area (Å²) in [5.74, 6) is 0.957. The molecule has 0 aliphatic carbocycles. The molecular formula is C19H22N2O2S. The van der Waals surface area contributed by atoms with Gasteiger partial charge in [-0.3, -0.25) is 4.79 Å². The van der Waals surface area contributed by atoms with Crippen molar-refractivity contribution < 1.29 is 9.53 Å². The van der Waals surface area contributed by atoms with E-state index in [1.807, 2.05) is 28.5 Å². The largest absolute Gasteiger partial charge is 0.497 e. The van der Waals surface area contributed by atoms with Crippen molar-refractivity contribution in [3.8, 4) is 5.75 Å². The van der Waals surface area contributed by atoms with Crippen molar-refractivity contribution in [2.75, 3.05) is 38.2 Å². The number of piperazine rings is 1. The summed E-state index contributed by atoms with van der Waals surface area (Å²) in [7, 11) is 1.67. The van der Waals surface area contributed by atoms with E-state index in [1.54, 1.807) is 24.5 Å². The molecule has 0 bridgehead atoms. The van der Waals surface area contributed by atoms with E-state index in [1.165, 1.54) is 11.3 Å². The number of carbonyl (C=O) groups excluding carboxylic acids is 1. The Hall–Kier alpha value is -2.27. The highest BCUT2D eigenvalue weighted by molar-refractivity contribution is 7.11. The Morgan fingerprint density at radius 1 is 1.12 bits per heavy atom. The van der Waals surface area contributed by atoms with Crippen molar-refractivity contribution in [2.24, 2.45) is 0 Å². The molecule has 0 atom stereocenters. The molecule has 126 valence electrons. The second kappa shape index (κ2) is 7.53. The molecule has 0 unspecified atom stereocenters. The zero-order valence-electron chi connectivity index (χ0n) is 14.1. The van der Waals surface area contributed by atoms with E-state index in [0.717, 1.165) is 36.8 Å². The van der Waals surface area contributed by atoms with E-state index < -0.39 is 0 Å². The first-order valence-corrected chi connectivity index (χ1v) is 8.95. The number of hydrogen-bond donors (Lipinski definition) is 0. The maximum atomic E-state index is 12.3. The summed E-state index contributed by atoms with van der Waals surface area (Å²) in [4.78, 5) is 17.7. The van der Waals surface area contributed by atoms with Gasteiger partial charge < -0.3 is 14.5 Å². The lowest BCUT2D eigenvalue weighted by Gasteiger charge is -2.35. The number of rotatable bonds is 4. The molecule has 1 aliphatic rings. The van der Waals surface area contributed by atoms with Crippen LogP contribution in [0.5, 0.6) is 5.75 Å². The highest BCUT2D eigenvalue weighted by Crippen LogP contribution is 2.21. The predicted molar refractivity (Wildman–Crippen MR) is 99.9 cm³/mol. The van der Waals surface area contributed by atoms with Gasteiger partial charge in [0.15, 0.2) is 0 Å². The van der Waals surface area contributed by atoms with Gasteiger partial charge in [0.05, 0.1) is 7.11 Å². The minimum absolute atomic E-state index is 0.0946. The lowest BCUT2D eigenvalue weighted by Crippen LogP contribution is -2.48. The Morgan fingerprint density at radius 2 is 1.83 bits per heavy atom. The summed E-state index contributed by atoms with van der Waals surface area (Å²) in [6, 6.07) is 10.1. The molecule has 1 aromatic heterocycles. The Labute approximate surface area is 147 Å². The summed E-state index contributed by atoms with van der Waals surface area (Å²) < 4.78 is 5.19. The van der Waals surface area contributed by atoms with Crippen LogP contribution in [0.25, 0.3) is 6.08 Å². The van der Waals surface area contributed by atoms with Gasteiger partial charge in [0, 0.05) is 42.8 Å². The Balaban J connectivity index is 1.55. The van der Waals surface area contributed by atoms with Gasteiger partial charge in [0.2, 0.25) is 5.91 Å². The quantitative estimate of drug-likeness (QED) is 0.798. The number of methoxy groups -OCH3 is 1. The summed E-state index contributed by atoms with van der Waals surface area (Å²) in [5.41, 5.74) is 2.39. The van der Waals surface area contributed by atoms with Crippen LogP contribution in [0.4, 0.5) is 5.69 Å². The standard InChI is InChI=1S/C19H22N2O2S/c1-15-9-14-24-18(15)7-8-19(22)21-12-10-20(11-13-21)16-3-5-17(23-2)6-4-16/h3-9,14H,10-13H2,1-2H3/b8-7+. The van der Waals surface area contributed by atoms with E-state index in [-0.39, 0.29) is 5.91 Å². The highest BCUT2D eigenvalue weighted by Gasteiger charge is 2.19. The minimum Gasteiger partial charge on any atom is -0.497 e. The van der Waals surface area contributed by atoms with Gasteiger partial charge in [-0.25, -0.2) is 0 Å². The molecule has 2 heterocycles. The molecule has 24 heavy (non-hydrogen) atoms. The van der Waals surface area contributed by atoms with Gasteiger partial charge in [0.25, 0.3) is 0 Å². The molecule has 3 rings (SSSR count).